The van der Waals surface area contributed by atoms with Gasteiger partial charge in [0.15, 0.2) is 0 Å². The van der Waals surface area contributed by atoms with E-state index in [0.717, 1.165) is 45.3 Å². The van der Waals surface area contributed by atoms with Crippen LogP contribution in [0.5, 0.6) is 23.0 Å². The molecule has 0 unspecified atom stereocenters. The van der Waals surface area contributed by atoms with Crippen molar-refractivity contribution in [2.45, 2.75) is 27.7 Å². The van der Waals surface area contributed by atoms with Crippen LogP contribution < -0.4 is 18.8 Å². The van der Waals surface area contributed by atoms with Gasteiger partial charge in [-0.2, -0.15) is 0 Å². The van der Waals surface area contributed by atoms with Crippen molar-refractivity contribution in [3.8, 4) is 23.0 Å². The van der Waals surface area contributed by atoms with E-state index in [1.54, 1.807) is 14.2 Å². The lowest BCUT2D eigenvalue weighted by Crippen LogP contribution is -2.13. The van der Waals surface area contributed by atoms with Crippen molar-refractivity contribution in [1.82, 2.24) is 0 Å². The Balaban J connectivity index is 2.12. The highest BCUT2D eigenvalue weighted by atomic mass is 16.6. The molecular formula is C18H23BO4. The van der Waals surface area contributed by atoms with Gasteiger partial charge < -0.3 is 18.8 Å². The monoisotopic (exact) mass is 314 g/mol. The third-order valence-electron chi connectivity index (χ3n) is 3.78. The molecule has 0 aliphatic carbocycles. The summed E-state index contributed by atoms with van der Waals surface area (Å²) in [7, 11) is 3.44. The lowest BCUT2D eigenvalue weighted by atomic mass is 10.1. The SMILES string of the molecule is COc1cc(C)cc(OBOc2cc(C)cc(OC)c2C)c1C. The zero-order valence-corrected chi connectivity index (χ0v) is 14.6. The largest absolute Gasteiger partial charge is 0.576 e. The zero-order chi connectivity index (χ0) is 17.0. The predicted molar refractivity (Wildman–Crippen MR) is 93.3 cm³/mol. The fourth-order valence-corrected chi connectivity index (χ4v) is 2.47. The van der Waals surface area contributed by atoms with Crippen LogP contribution in [0.3, 0.4) is 0 Å². The molecule has 2 rings (SSSR count). The number of ether oxygens (including phenoxy) is 2. The maximum atomic E-state index is 5.79. The third-order valence-corrected chi connectivity index (χ3v) is 3.78. The van der Waals surface area contributed by atoms with Crippen molar-refractivity contribution in [3.63, 3.8) is 0 Å². The summed E-state index contributed by atoms with van der Waals surface area (Å²) >= 11 is 0. The minimum atomic E-state index is 0.126. The van der Waals surface area contributed by atoms with E-state index in [1.165, 1.54) is 0 Å². The smallest absolute Gasteiger partial charge is 0.528 e. The lowest BCUT2D eigenvalue weighted by Gasteiger charge is -2.16. The normalized spacial score (nSPS) is 10.2. The van der Waals surface area contributed by atoms with E-state index in [1.807, 2.05) is 52.0 Å². The van der Waals surface area contributed by atoms with Crippen LogP contribution in [-0.2, 0) is 0 Å². The van der Waals surface area contributed by atoms with Crippen LogP contribution in [0.2, 0.25) is 0 Å². The molecule has 122 valence electrons. The number of hydrogen-bond donors (Lipinski definition) is 0. The van der Waals surface area contributed by atoms with Crippen molar-refractivity contribution in [2.24, 2.45) is 0 Å². The fraction of sp³-hybridized carbons (Fsp3) is 0.333. The first-order valence-electron chi connectivity index (χ1n) is 7.52. The van der Waals surface area contributed by atoms with Gasteiger partial charge in [-0.05, 0) is 63.1 Å². The summed E-state index contributed by atoms with van der Waals surface area (Å²) in [4.78, 5) is 0. The Hall–Kier alpha value is -2.30. The second-order valence-corrected chi connectivity index (χ2v) is 5.59. The highest BCUT2D eigenvalue weighted by Crippen LogP contribution is 2.31. The topological polar surface area (TPSA) is 36.9 Å². The van der Waals surface area contributed by atoms with Gasteiger partial charge >= 0.3 is 7.69 Å². The molecule has 0 saturated heterocycles. The molecule has 0 saturated carbocycles. The van der Waals surface area contributed by atoms with Crippen molar-refractivity contribution in [3.05, 3.63) is 46.5 Å². The summed E-state index contributed by atoms with van der Waals surface area (Å²) in [6.45, 7) is 7.94. The first kappa shape index (κ1) is 17.1. The molecule has 0 heterocycles. The summed E-state index contributed by atoms with van der Waals surface area (Å²) < 4.78 is 22.3. The van der Waals surface area contributed by atoms with Gasteiger partial charge in [-0.1, -0.05) is 0 Å². The predicted octanol–water partition coefficient (Wildman–Crippen LogP) is 3.66. The van der Waals surface area contributed by atoms with Gasteiger partial charge in [0.25, 0.3) is 0 Å². The summed E-state index contributed by atoms with van der Waals surface area (Å²) in [6, 6.07) is 7.92. The Kier molecular flexibility index (Phi) is 5.43. The second-order valence-electron chi connectivity index (χ2n) is 5.59. The molecule has 0 aliphatic rings. The van der Waals surface area contributed by atoms with Gasteiger partial charge in [0, 0.05) is 11.1 Å². The number of benzene rings is 2. The highest BCUT2D eigenvalue weighted by molar-refractivity contribution is 6.21. The standard InChI is InChI=1S/C18H23BO4/c1-11-7-15(20-5)13(3)17(9-11)22-19-23-18-10-12(2)8-16(21-6)14(18)4/h7-10,19H,1-6H3. The number of hydrogen-bond acceptors (Lipinski definition) is 4. The van der Waals surface area contributed by atoms with Crippen LogP contribution in [0.1, 0.15) is 22.3 Å². The summed E-state index contributed by atoms with van der Waals surface area (Å²) in [5.41, 5.74) is 4.08. The van der Waals surface area contributed by atoms with Crippen molar-refractivity contribution < 1.29 is 18.8 Å². The van der Waals surface area contributed by atoms with E-state index < -0.39 is 0 Å². The Labute approximate surface area is 138 Å². The van der Waals surface area contributed by atoms with Gasteiger partial charge in [0.1, 0.15) is 23.0 Å². The number of aryl methyl sites for hydroxylation is 2. The minimum absolute atomic E-state index is 0.126. The Morgan fingerprint density at radius 3 is 1.30 bits per heavy atom. The van der Waals surface area contributed by atoms with Gasteiger partial charge in [-0.25, -0.2) is 0 Å². The molecule has 0 atom stereocenters. The Morgan fingerprint density at radius 1 is 0.609 bits per heavy atom. The number of rotatable bonds is 6. The van der Waals surface area contributed by atoms with Gasteiger partial charge in [-0.15, -0.1) is 0 Å². The second kappa shape index (κ2) is 7.31. The van der Waals surface area contributed by atoms with Gasteiger partial charge in [0.2, 0.25) is 0 Å². The van der Waals surface area contributed by atoms with E-state index in [4.69, 9.17) is 18.8 Å². The molecule has 0 aromatic heterocycles. The molecule has 2 aromatic rings. The molecule has 0 fully saturated rings. The van der Waals surface area contributed by atoms with Crippen LogP contribution in [0.15, 0.2) is 24.3 Å². The molecule has 5 heteroatoms. The van der Waals surface area contributed by atoms with E-state index in [2.05, 4.69) is 0 Å². The van der Waals surface area contributed by atoms with Crippen molar-refractivity contribution in [1.29, 1.82) is 0 Å². The molecule has 2 aromatic carbocycles. The van der Waals surface area contributed by atoms with E-state index in [-0.39, 0.29) is 7.69 Å². The minimum Gasteiger partial charge on any atom is -0.528 e. The molecule has 4 nitrogen and oxygen atoms in total. The molecule has 0 radical (unpaired) electrons. The molecule has 0 spiro atoms. The third kappa shape index (κ3) is 3.92. The van der Waals surface area contributed by atoms with Crippen LogP contribution in [0.4, 0.5) is 0 Å². The van der Waals surface area contributed by atoms with Gasteiger partial charge in [0.05, 0.1) is 14.2 Å². The van der Waals surface area contributed by atoms with Crippen molar-refractivity contribution in [2.75, 3.05) is 14.2 Å². The first-order chi connectivity index (χ1) is 11.0. The highest BCUT2D eigenvalue weighted by Gasteiger charge is 2.11. The molecule has 0 N–H and O–H groups in total. The van der Waals surface area contributed by atoms with Crippen LogP contribution >= 0.6 is 0 Å². The summed E-state index contributed by atoms with van der Waals surface area (Å²) in [5.74, 6) is 3.15. The first-order valence-corrected chi connectivity index (χ1v) is 7.52. The maximum Gasteiger partial charge on any atom is 0.576 e. The summed E-state index contributed by atoms with van der Waals surface area (Å²) in [5, 5.41) is 0. The van der Waals surface area contributed by atoms with E-state index in [9.17, 15) is 0 Å². The van der Waals surface area contributed by atoms with E-state index >= 15 is 0 Å². The average Bonchev–Trinajstić information content (AvgIpc) is 2.53. The Morgan fingerprint density at radius 2 is 0.957 bits per heavy atom. The van der Waals surface area contributed by atoms with Crippen molar-refractivity contribution >= 4 is 7.69 Å². The fourth-order valence-electron chi connectivity index (χ4n) is 2.47. The molecule has 0 amide bonds. The van der Waals surface area contributed by atoms with Crippen LogP contribution in [0, 0.1) is 27.7 Å². The molecule has 23 heavy (non-hydrogen) atoms. The van der Waals surface area contributed by atoms with Crippen LogP contribution in [0.25, 0.3) is 0 Å². The summed E-state index contributed by atoms with van der Waals surface area (Å²) in [6.07, 6.45) is 0. The van der Waals surface area contributed by atoms with Gasteiger partial charge in [-0.3, -0.25) is 0 Å². The quantitative estimate of drug-likeness (QED) is 0.763. The number of methoxy groups -OCH3 is 2. The van der Waals surface area contributed by atoms with Crippen LogP contribution in [-0.4, -0.2) is 21.9 Å². The lowest BCUT2D eigenvalue weighted by molar-refractivity contribution is 0.400. The average molecular weight is 314 g/mol. The zero-order valence-electron chi connectivity index (χ0n) is 14.6. The Bertz CT molecular complexity index is 638. The molecule has 0 bridgehead atoms. The van der Waals surface area contributed by atoms with E-state index in [0.29, 0.717) is 0 Å². The molecule has 0 aliphatic heterocycles. The maximum absolute atomic E-state index is 5.79. The molecular weight excluding hydrogens is 291 g/mol.